The van der Waals surface area contributed by atoms with E-state index in [0.29, 0.717) is 19.7 Å². The molecule has 5 nitrogen and oxygen atoms in total. The summed E-state index contributed by atoms with van der Waals surface area (Å²) in [4.78, 5) is 24.6. The summed E-state index contributed by atoms with van der Waals surface area (Å²) in [6.07, 6.45) is 2.82. The van der Waals surface area contributed by atoms with Gasteiger partial charge >= 0.3 is 5.97 Å². The summed E-state index contributed by atoms with van der Waals surface area (Å²) in [5, 5.41) is 8.74. The van der Waals surface area contributed by atoms with Crippen LogP contribution in [0.1, 0.15) is 32.6 Å². The molecule has 1 aliphatic heterocycles. The zero-order valence-electron chi connectivity index (χ0n) is 10.8. The van der Waals surface area contributed by atoms with Crippen molar-refractivity contribution in [3.8, 4) is 0 Å². The number of rotatable bonds is 5. The maximum absolute atomic E-state index is 12.1. The van der Waals surface area contributed by atoms with Crippen molar-refractivity contribution >= 4 is 11.9 Å². The van der Waals surface area contributed by atoms with Gasteiger partial charge in [-0.05, 0) is 32.1 Å². The Morgan fingerprint density at radius 3 is 2.56 bits per heavy atom. The van der Waals surface area contributed by atoms with Crippen molar-refractivity contribution in [3.05, 3.63) is 0 Å². The van der Waals surface area contributed by atoms with Gasteiger partial charge in [-0.1, -0.05) is 0 Å². The fourth-order valence-electron chi connectivity index (χ4n) is 2.67. The second-order valence-corrected chi connectivity index (χ2v) is 5.20. The molecule has 1 amide bonds. The van der Waals surface area contributed by atoms with Crippen LogP contribution in [-0.4, -0.2) is 47.7 Å². The van der Waals surface area contributed by atoms with E-state index in [1.54, 1.807) is 0 Å². The number of hydrogen-bond donors (Lipinski definition) is 1. The summed E-state index contributed by atoms with van der Waals surface area (Å²) in [5.41, 5.74) is 0. The number of carboxylic acid groups (broad SMARTS) is 1. The van der Waals surface area contributed by atoms with Crippen molar-refractivity contribution < 1.29 is 19.4 Å². The van der Waals surface area contributed by atoms with E-state index in [1.807, 2.05) is 11.8 Å². The van der Waals surface area contributed by atoms with Gasteiger partial charge in [0.25, 0.3) is 0 Å². The molecule has 0 spiro atoms. The lowest BCUT2D eigenvalue weighted by Crippen LogP contribution is -2.40. The monoisotopic (exact) mass is 255 g/mol. The fraction of sp³-hybridized carbons (Fsp3) is 0.846. The molecule has 2 atom stereocenters. The number of amides is 1. The lowest BCUT2D eigenvalue weighted by molar-refractivity contribution is -0.139. The van der Waals surface area contributed by atoms with Crippen LogP contribution in [0.5, 0.6) is 0 Å². The van der Waals surface area contributed by atoms with Crippen LogP contribution in [0.25, 0.3) is 0 Å². The molecule has 1 N–H and O–H groups in total. The number of hydrogen-bond acceptors (Lipinski definition) is 3. The summed E-state index contributed by atoms with van der Waals surface area (Å²) in [6, 6.07) is 0. The highest BCUT2D eigenvalue weighted by Gasteiger charge is 2.46. The summed E-state index contributed by atoms with van der Waals surface area (Å²) in [6.45, 7) is 4.00. The van der Waals surface area contributed by atoms with E-state index in [2.05, 4.69) is 0 Å². The topological polar surface area (TPSA) is 66.8 Å². The Hall–Kier alpha value is -1.10. The van der Waals surface area contributed by atoms with Gasteiger partial charge in [-0.15, -0.1) is 0 Å². The lowest BCUT2D eigenvalue weighted by atomic mass is 9.93. The molecule has 0 aromatic carbocycles. The number of carbonyl (C=O) groups excluding carboxylic acids is 1. The summed E-state index contributed by atoms with van der Waals surface area (Å²) in [5.74, 6) is -0.255. The van der Waals surface area contributed by atoms with E-state index in [4.69, 9.17) is 9.84 Å². The Labute approximate surface area is 107 Å². The third-order valence-corrected chi connectivity index (χ3v) is 3.82. The second kappa shape index (κ2) is 5.69. The van der Waals surface area contributed by atoms with Crippen molar-refractivity contribution in [1.82, 2.24) is 4.90 Å². The van der Waals surface area contributed by atoms with Crippen LogP contribution in [-0.2, 0) is 14.3 Å². The minimum atomic E-state index is -0.738. The predicted octanol–water partition coefficient (Wildman–Crippen LogP) is 1.12. The highest BCUT2D eigenvalue weighted by Crippen LogP contribution is 2.36. The van der Waals surface area contributed by atoms with E-state index in [9.17, 15) is 9.59 Å². The lowest BCUT2D eigenvalue weighted by Gasteiger charge is -2.31. The van der Waals surface area contributed by atoms with Gasteiger partial charge in [0.2, 0.25) is 5.91 Å². The SMILES string of the molecule is CCO[C@@H]1C[C@H]1C(=O)N1CCC(CC(=O)O)CC1. The molecular weight excluding hydrogens is 234 g/mol. The molecule has 5 heteroatoms. The molecule has 1 saturated heterocycles. The van der Waals surface area contributed by atoms with Gasteiger partial charge in [0.15, 0.2) is 0 Å². The number of carbonyl (C=O) groups is 2. The fourth-order valence-corrected chi connectivity index (χ4v) is 2.67. The molecule has 1 heterocycles. The van der Waals surface area contributed by atoms with Gasteiger partial charge in [0.1, 0.15) is 0 Å². The van der Waals surface area contributed by atoms with Crippen LogP contribution >= 0.6 is 0 Å². The van der Waals surface area contributed by atoms with Crippen LogP contribution < -0.4 is 0 Å². The van der Waals surface area contributed by atoms with Crippen molar-refractivity contribution in [2.75, 3.05) is 19.7 Å². The number of ether oxygens (including phenoxy) is 1. The Morgan fingerprint density at radius 2 is 2.00 bits per heavy atom. The molecule has 0 unspecified atom stereocenters. The van der Waals surface area contributed by atoms with Gasteiger partial charge in [-0.25, -0.2) is 0 Å². The van der Waals surface area contributed by atoms with E-state index in [0.717, 1.165) is 19.3 Å². The quantitative estimate of drug-likeness (QED) is 0.799. The van der Waals surface area contributed by atoms with Gasteiger partial charge in [-0.3, -0.25) is 9.59 Å². The van der Waals surface area contributed by atoms with E-state index in [1.165, 1.54) is 0 Å². The minimum Gasteiger partial charge on any atom is -0.481 e. The van der Waals surface area contributed by atoms with Crippen molar-refractivity contribution in [2.24, 2.45) is 11.8 Å². The summed E-state index contributed by atoms with van der Waals surface area (Å²) >= 11 is 0. The number of likely N-dealkylation sites (tertiary alicyclic amines) is 1. The zero-order chi connectivity index (χ0) is 13.1. The molecule has 2 fully saturated rings. The highest BCUT2D eigenvalue weighted by molar-refractivity contribution is 5.82. The standard InChI is InChI=1S/C13H21NO4/c1-2-18-11-8-10(11)13(17)14-5-3-9(4-6-14)7-12(15)16/h9-11H,2-8H2,1H3,(H,15,16)/t10-,11-/m1/s1. The van der Waals surface area contributed by atoms with Gasteiger partial charge < -0.3 is 14.7 Å². The maximum atomic E-state index is 12.1. The summed E-state index contributed by atoms with van der Waals surface area (Å²) < 4.78 is 5.43. The molecule has 0 radical (unpaired) electrons. The average Bonchev–Trinajstić information content (AvgIpc) is 3.08. The molecule has 0 aromatic heterocycles. The molecule has 1 aliphatic carbocycles. The molecule has 0 bridgehead atoms. The predicted molar refractivity (Wildman–Crippen MR) is 65.1 cm³/mol. The van der Waals surface area contributed by atoms with Crippen LogP contribution in [0.15, 0.2) is 0 Å². The first-order valence-electron chi connectivity index (χ1n) is 6.74. The zero-order valence-corrected chi connectivity index (χ0v) is 10.8. The van der Waals surface area contributed by atoms with Crippen molar-refractivity contribution in [3.63, 3.8) is 0 Å². The molecule has 102 valence electrons. The van der Waals surface area contributed by atoms with Gasteiger partial charge in [0, 0.05) is 26.1 Å². The molecule has 0 aromatic rings. The van der Waals surface area contributed by atoms with Crippen molar-refractivity contribution in [1.29, 1.82) is 0 Å². The molecular formula is C13H21NO4. The Bertz CT molecular complexity index is 323. The third kappa shape index (κ3) is 3.22. The Morgan fingerprint density at radius 1 is 1.33 bits per heavy atom. The minimum absolute atomic E-state index is 0.0565. The van der Waals surface area contributed by atoms with Crippen LogP contribution in [0.2, 0.25) is 0 Å². The Balaban J connectivity index is 1.73. The van der Waals surface area contributed by atoms with Gasteiger partial charge in [0.05, 0.1) is 12.0 Å². The Kier molecular flexibility index (Phi) is 4.22. The smallest absolute Gasteiger partial charge is 0.303 e. The maximum Gasteiger partial charge on any atom is 0.303 e. The molecule has 2 rings (SSSR count). The van der Waals surface area contributed by atoms with E-state index in [-0.39, 0.29) is 30.3 Å². The van der Waals surface area contributed by atoms with Crippen molar-refractivity contribution in [2.45, 2.75) is 38.7 Å². The van der Waals surface area contributed by atoms with Crippen LogP contribution in [0, 0.1) is 11.8 Å². The number of aliphatic carboxylic acids is 1. The number of piperidine rings is 1. The molecule has 2 aliphatic rings. The van der Waals surface area contributed by atoms with Gasteiger partial charge in [-0.2, -0.15) is 0 Å². The average molecular weight is 255 g/mol. The second-order valence-electron chi connectivity index (χ2n) is 5.20. The van der Waals surface area contributed by atoms with E-state index >= 15 is 0 Å². The molecule has 18 heavy (non-hydrogen) atoms. The first kappa shape index (κ1) is 13.3. The number of carboxylic acids is 1. The molecule has 1 saturated carbocycles. The normalized spacial score (nSPS) is 28.2. The van der Waals surface area contributed by atoms with E-state index < -0.39 is 5.97 Å². The van der Waals surface area contributed by atoms with Crippen LogP contribution in [0.4, 0.5) is 0 Å². The first-order valence-corrected chi connectivity index (χ1v) is 6.74. The third-order valence-electron chi connectivity index (χ3n) is 3.82. The largest absolute Gasteiger partial charge is 0.481 e. The highest BCUT2D eigenvalue weighted by atomic mass is 16.5. The van der Waals surface area contributed by atoms with Crippen LogP contribution in [0.3, 0.4) is 0 Å². The first-order chi connectivity index (χ1) is 8.61. The summed E-state index contributed by atoms with van der Waals surface area (Å²) in [7, 11) is 0. The number of nitrogens with zero attached hydrogens (tertiary/aromatic N) is 1.